The standard InChI is InChI=1S/C21H18ClN7O2/c1-28-19-13(11-25-20(23)27-19)12-29(21(28)31)17-10-15(5-7-16(17)22)26-18(30)8-6-14-4-2-3-9-24-14/h2-11H,12H2,1H3,(H,26,30)(H2,23,25,27)/b8-6+. The zero-order valence-corrected chi connectivity index (χ0v) is 17.2. The lowest BCUT2D eigenvalue weighted by atomic mass is 10.2. The number of halogens is 1. The summed E-state index contributed by atoms with van der Waals surface area (Å²) in [6, 6.07) is 10.0. The van der Waals surface area contributed by atoms with Crippen LogP contribution in [0.3, 0.4) is 0 Å². The molecule has 156 valence electrons. The Balaban J connectivity index is 1.57. The van der Waals surface area contributed by atoms with E-state index in [-0.39, 0.29) is 24.4 Å². The molecule has 0 fully saturated rings. The van der Waals surface area contributed by atoms with Crippen LogP contribution in [0, 0.1) is 0 Å². The van der Waals surface area contributed by atoms with Gasteiger partial charge < -0.3 is 11.1 Å². The van der Waals surface area contributed by atoms with Gasteiger partial charge in [-0.15, -0.1) is 0 Å². The summed E-state index contributed by atoms with van der Waals surface area (Å²) in [4.78, 5) is 40.4. The molecule has 1 aromatic carbocycles. The van der Waals surface area contributed by atoms with Gasteiger partial charge in [0.1, 0.15) is 5.82 Å². The summed E-state index contributed by atoms with van der Waals surface area (Å²) in [5.74, 6) is 0.206. The number of carbonyl (C=O) groups is 2. The number of fused-ring (bicyclic) bond motifs is 1. The predicted octanol–water partition coefficient (Wildman–Crippen LogP) is 3.34. The summed E-state index contributed by atoms with van der Waals surface area (Å²) in [6.45, 7) is 0.218. The molecule has 3 N–H and O–H groups in total. The molecule has 0 radical (unpaired) electrons. The zero-order chi connectivity index (χ0) is 22.0. The Morgan fingerprint density at radius 2 is 2.10 bits per heavy atom. The van der Waals surface area contributed by atoms with E-state index in [2.05, 4.69) is 20.3 Å². The number of carbonyl (C=O) groups excluding carboxylic acids is 2. The summed E-state index contributed by atoms with van der Waals surface area (Å²) in [6.07, 6.45) is 6.22. The van der Waals surface area contributed by atoms with Crippen molar-refractivity contribution >= 4 is 52.8 Å². The average Bonchev–Trinajstić information content (AvgIpc) is 2.77. The molecule has 3 aromatic rings. The number of nitrogens with zero attached hydrogens (tertiary/aromatic N) is 5. The number of nitrogen functional groups attached to an aromatic ring is 1. The van der Waals surface area contributed by atoms with Gasteiger partial charge in [-0.2, -0.15) is 4.98 Å². The summed E-state index contributed by atoms with van der Waals surface area (Å²) >= 11 is 6.37. The number of nitrogens with two attached hydrogens (primary N) is 1. The first-order valence-electron chi connectivity index (χ1n) is 9.28. The third kappa shape index (κ3) is 4.31. The van der Waals surface area contributed by atoms with Crippen LogP contribution >= 0.6 is 11.6 Å². The van der Waals surface area contributed by atoms with Gasteiger partial charge in [-0.3, -0.25) is 19.6 Å². The number of pyridine rings is 1. The van der Waals surface area contributed by atoms with Crippen molar-refractivity contribution in [3.05, 3.63) is 71.1 Å². The Hall–Kier alpha value is -3.98. The molecule has 31 heavy (non-hydrogen) atoms. The smallest absolute Gasteiger partial charge is 0.330 e. The van der Waals surface area contributed by atoms with Crippen LogP contribution in [0.1, 0.15) is 11.3 Å². The number of hydrogen-bond donors (Lipinski definition) is 2. The SMILES string of the molecule is CN1C(=O)N(c2cc(NC(=O)/C=C/c3ccccn3)ccc2Cl)Cc2cnc(N)nc21. The molecule has 2 aromatic heterocycles. The van der Waals surface area contributed by atoms with E-state index < -0.39 is 0 Å². The number of rotatable bonds is 4. The van der Waals surface area contributed by atoms with Crippen molar-refractivity contribution in [1.29, 1.82) is 0 Å². The maximum absolute atomic E-state index is 12.9. The van der Waals surface area contributed by atoms with E-state index in [9.17, 15) is 9.59 Å². The van der Waals surface area contributed by atoms with E-state index in [1.165, 1.54) is 15.9 Å². The molecule has 4 rings (SSSR count). The monoisotopic (exact) mass is 435 g/mol. The molecule has 0 aliphatic carbocycles. The van der Waals surface area contributed by atoms with E-state index in [0.29, 0.717) is 27.9 Å². The van der Waals surface area contributed by atoms with E-state index >= 15 is 0 Å². The number of aromatic nitrogens is 3. The predicted molar refractivity (Wildman–Crippen MR) is 120 cm³/mol. The van der Waals surface area contributed by atoms with E-state index in [1.807, 2.05) is 6.07 Å². The summed E-state index contributed by atoms with van der Waals surface area (Å²) in [5.41, 5.74) is 7.97. The van der Waals surface area contributed by atoms with E-state index in [0.717, 1.165) is 5.56 Å². The van der Waals surface area contributed by atoms with Crippen LogP contribution in [-0.2, 0) is 11.3 Å². The fourth-order valence-corrected chi connectivity index (χ4v) is 3.35. The lowest BCUT2D eigenvalue weighted by Gasteiger charge is -2.34. The van der Waals surface area contributed by atoms with Gasteiger partial charge in [0.25, 0.3) is 0 Å². The number of anilines is 4. The molecule has 0 unspecified atom stereocenters. The summed E-state index contributed by atoms with van der Waals surface area (Å²) in [5, 5.41) is 3.13. The molecule has 1 aliphatic rings. The number of benzene rings is 1. The number of hydrogen-bond acceptors (Lipinski definition) is 6. The Kier molecular flexibility index (Phi) is 5.50. The largest absolute Gasteiger partial charge is 0.368 e. The lowest BCUT2D eigenvalue weighted by molar-refractivity contribution is -0.111. The molecule has 3 amide bonds. The maximum Gasteiger partial charge on any atom is 0.330 e. The lowest BCUT2D eigenvalue weighted by Crippen LogP contribution is -2.46. The third-order valence-electron chi connectivity index (χ3n) is 4.62. The fourth-order valence-electron chi connectivity index (χ4n) is 3.13. The minimum absolute atomic E-state index is 0.0911. The minimum atomic E-state index is -0.338. The number of nitrogens with one attached hydrogen (secondary N) is 1. The summed E-state index contributed by atoms with van der Waals surface area (Å²) in [7, 11) is 1.60. The third-order valence-corrected chi connectivity index (χ3v) is 4.94. The van der Waals surface area contributed by atoms with Gasteiger partial charge in [0.2, 0.25) is 11.9 Å². The Bertz CT molecular complexity index is 1180. The Morgan fingerprint density at radius 3 is 2.87 bits per heavy atom. The normalized spacial score (nSPS) is 13.4. The molecule has 0 saturated heterocycles. The van der Waals surface area contributed by atoms with Gasteiger partial charge in [-0.05, 0) is 36.4 Å². The first-order chi connectivity index (χ1) is 14.9. The van der Waals surface area contributed by atoms with Crippen molar-refractivity contribution in [2.24, 2.45) is 0 Å². The highest BCUT2D eigenvalue weighted by Gasteiger charge is 2.31. The second kappa shape index (κ2) is 8.41. The van der Waals surface area contributed by atoms with Crippen LogP contribution in [0.15, 0.2) is 54.9 Å². The van der Waals surface area contributed by atoms with Crippen molar-refractivity contribution in [2.45, 2.75) is 6.54 Å². The van der Waals surface area contributed by atoms with Crippen LogP contribution in [0.25, 0.3) is 6.08 Å². The van der Waals surface area contributed by atoms with Gasteiger partial charge in [0.15, 0.2) is 0 Å². The zero-order valence-electron chi connectivity index (χ0n) is 16.5. The van der Waals surface area contributed by atoms with Crippen molar-refractivity contribution < 1.29 is 9.59 Å². The van der Waals surface area contributed by atoms with Crippen molar-refractivity contribution in [3.8, 4) is 0 Å². The van der Waals surface area contributed by atoms with Crippen LogP contribution < -0.4 is 20.9 Å². The van der Waals surface area contributed by atoms with Gasteiger partial charge in [-0.25, -0.2) is 9.78 Å². The van der Waals surface area contributed by atoms with E-state index in [4.69, 9.17) is 17.3 Å². The maximum atomic E-state index is 12.9. The van der Waals surface area contributed by atoms with E-state index in [1.54, 1.807) is 55.8 Å². The first-order valence-corrected chi connectivity index (χ1v) is 9.66. The van der Waals surface area contributed by atoms with Gasteiger partial charge in [0, 0.05) is 36.8 Å². The molecular formula is C21H18ClN7O2. The summed E-state index contributed by atoms with van der Waals surface area (Å²) < 4.78 is 0. The average molecular weight is 436 g/mol. The Morgan fingerprint density at radius 1 is 1.26 bits per heavy atom. The molecule has 1 aliphatic heterocycles. The van der Waals surface area contributed by atoms with Crippen molar-refractivity contribution in [3.63, 3.8) is 0 Å². The molecule has 0 spiro atoms. The number of urea groups is 1. The molecule has 3 heterocycles. The topological polar surface area (TPSA) is 117 Å². The van der Waals surface area contributed by atoms with Crippen LogP contribution in [0.4, 0.5) is 27.9 Å². The second-order valence-corrected chi connectivity index (χ2v) is 7.16. The van der Waals surface area contributed by atoms with Crippen LogP contribution in [0.5, 0.6) is 0 Å². The van der Waals surface area contributed by atoms with Gasteiger partial charge >= 0.3 is 6.03 Å². The highest BCUT2D eigenvalue weighted by Crippen LogP contribution is 2.35. The minimum Gasteiger partial charge on any atom is -0.368 e. The fraction of sp³-hybridized carbons (Fsp3) is 0.0952. The molecule has 9 nitrogen and oxygen atoms in total. The van der Waals surface area contributed by atoms with Crippen LogP contribution in [0.2, 0.25) is 5.02 Å². The van der Waals surface area contributed by atoms with Gasteiger partial charge in [-0.1, -0.05) is 17.7 Å². The Labute approximate surface area is 183 Å². The molecular weight excluding hydrogens is 418 g/mol. The van der Waals surface area contributed by atoms with Gasteiger partial charge in [0.05, 0.1) is 22.9 Å². The highest BCUT2D eigenvalue weighted by molar-refractivity contribution is 6.34. The second-order valence-electron chi connectivity index (χ2n) is 6.75. The van der Waals surface area contributed by atoms with Crippen molar-refractivity contribution in [2.75, 3.05) is 27.9 Å². The molecule has 0 bridgehead atoms. The first kappa shape index (κ1) is 20.3. The van der Waals surface area contributed by atoms with Crippen molar-refractivity contribution in [1.82, 2.24) is 15.0 Å². The number of amides is 3. The highest BCUT2D eigenvalue weighted by atomic mass is 35.5. The molecule has 10 heteroatoms. The molecule has 0 atom stereocenters. The molecule has 0 saturated carbocycles. The van der Waals surface area contributed by atoms with Crippen LogP contribution in [-0.4, -0.2) is 33.9 Å². The quantitative estimate of drug-likeness (QED) is 0.607.